The highest BCUT2D eigenvalue weighted by Crippen LogP contribution is 2.12. The SMILES string of the molecule is CN=C(NCCc1ccccn1)NCc1ccc(F)c(CN(C)C)c1. The van der Waals surface area contributed by atoms with E-state index in [4.69, 9.17) is 0 Å². The molecule has 0 aliphatic heterocycles. The van der Waals surface area contributed by atoms with Gasteiger partial charge in [0.05, 0.1) is 0 Å². The van der Waals surface area contributed by atoms with E-state index < -0.39 is 0 Å². The van der Waals surface area contributed by atoms with Gasteiger partial charge in [-0.25, -0.2) is 4.39 Å². The van der Waals surface area contributed by atoms with Crippen molar-refractivity contribution in [3.8, 4) is 0 Å². The van der Waals surface area contributed by atoms with Crippen molar-refractivity contribution in [2.24, 2.45) is 4.99 Å². The van der Waals surface area contributed by atoms with Crippen LogP contribution in [0.2, 0.25) is 0 Å². The second kappa shape index (κ2) is 9.74. The number of hydrogen-bond acceptors (Lipinski definition) is 3. The van der Waals surface area contributed by atoms with Crippen molar-refractivity contribution >= 4 is 5.96 Å². The van der Waals surface area contributed by atoms with Gasteiger partial charge in [-0.05, 0) is 43.9 Å². The average molecular weight is 343 g/mol. The van der Waals surface area contributed by atoms with E-state index in [-0.39, 0.29) is 5.82 Å². The van der Waals surface area contributed by atoms with Crippen LogP contribution in [0.4, 0.5) is 4.39 Å². The fourth-order valence-corrected chi connectivity index (χ4v) is 2.46. The van der Waals surface area contributed by atoms with Crippen LogP contribution in [0.5, 0.6) is 0 Å². The summed E-state index contributed by atoms with van der Waals surface area (Å²) in [5, 5.41) is 6.52. The minimum absolute atomic E-state index is 0.171. The van der Waals surface area contributed by atoms with Gasteiger partial charge in [-0.15, -0.1) is 0 Å². The molecule has 0 aliphatic rings. The van der Waals surface area contributed by atoms with E-state index in [0.29, 0.717) is 18.7 Å². The maximum Gasteiger partial charge on any atom is 0.191 e. The Labute approximate surface area is 149 Å². The molecule has 0 spiro atoms. The third-order valence-electron chi connectivity index (χ3n) is 3.68. The summed E-state index contributed by atoms with van der Waals surface area (Å²) in [6, 6.07) is 11.1. The van der Waals surface area contributed by atoms with E-state index in [0.717, 1.165) is 30.2 Å². The summed E-state index contributed by atoms with van der Waals surface area (Å²) in [7, 11) is 5.59. The Hall–Kier alpha value is -2.47. The molecule has 0 amide bonds. The molecule has 2 N–H and O–H groups in total. The zero-order valence-corrected chi connectivity index (χ0v) is 15.1. The highest BCUT2D eigenvalue weighted by atomic mass is 19.1. The monoisotopic (exact) mass is 343 g/mol. The van der Waals surface area contributed by atoms with Crippen LogP contribution in [0.1, 0.15) is 16.8 Å². The quantitative estimate of drug-likeness (QED) is 0.598. The number of hydrogen-bond donors (Lipinski definition) is 2. The van der Waals surface area contributed by atoms with Crippen molar-refractivity contribution in [2.75, 3.05) is 27.7 Å². The summed E-state index contributed by atoms with van der Waals surface area (Å²) in [4.78, 5) is 10.5. The van der Waals surface area contributed by atoms with E-state index in [9.17, 15) is 4.39 Å². The van der Waals surface area contributed by atoms with E-state index in [1.165, 1.54) is 6.07 Å². The second-order valence-corrected chi connectivity index (χ2v) is 6.09. The smallest absolute Gasteiger partial charge is 0.191 e. The molecule has 2 rings (SSSR count). The van der Waals surface area contributed by atoms with Gasteiger partial charge < -0.3 is 15.5 Å². The van der Waals surface area contributed by atoms with Crippen LogP contribution in [0.25, 0.3) is 0 Å². The Morgan fingerprint density at radius 3 is 2.72 bits per heavy atom. The third kappa shape index (κ3) is 6.51. The Balaban J connectivity index is 1.84. The lowest BCUT2D eigenvalue weighted by atomic mass is 10.1. The minimum atomic E-state index is -0.171. The minimum Gasteiger partial charge on any atom is -0.356 e. The van der Waals surface area contributed by atoms with Gasteiger partial charge in [-0.2, -0.15) is 0 Å². The normalized spacial score (nSPS) is 11.6. The molecule has 25 heavy (non-hydrogen) atoms. The summed E-state index contributed by atoms with van der Waals surface area (Å²) in [5.74, 6) is 0.546. The van der Waals surface area contributed by atoms with Gasteiger partial charge in [0.2, 0.25) is 0 Å². The van der Waals surface area contributed by atoms with Gasteiger partial charge >= 0.3 is 0 Å². The number of aliphatic imine (C=N–C) groups is 1. The lowest BCUT2D eigenvalue weighted by molar-refractivity contribution is 0.392. The number of halogens is 1. The predicted octanol–water partition coefficient (Wildman–Crippen LogP) is 2.19. The van der Waals surface area contributed by atoms with Crippen LogP contribution in [-0.4, -0.2) is 43.5 Å². The molecule has 6 heteroatoms. The molecule has 0 unspecified atom stereocenters. The number of pyridine rings is 1. The second-order valence-electron chi connectivity index (χ2n) is 6.09. The molecular weight excluding hydrogens is 317 g/mol. The summed E-state index contributed by atoms with van der Waals surface area (Å²) in [6.07, 6.45) is 2.62. The van der Waals surface area contributed by atoms with Crippen molar-refractivity contribution in [1.29, 1.82) is 0 Å². The molecule has 5 nitrogen and oxygen atoms in total. The van der Waals surface area contributed by atoms with Crippen LogP contribution in [-0.2, 0) is 19.5 Å². The Bertz CT molecular complexity index is 685. The molecule has 0 saturated heterocycles. The van der Waals surface area contributed by atoms with Crippen molar-refractivity contribution in [3.05, 3.63) is 65.2 Å². The van der Waals surface area contributed by atoms with Gasteiger partial charge in [0.1, 0.15) is 5.82 Å². The number of aromatic nitrogens is 1. The van der Waals surface area contributed by atoms with E-state index >= 15 is 0 Å². The molecule has 1 aromatic heterocycles. The van der Waals surface area contributed by atoms with Gasteiger partial charge in [-0.1, -0.05) is 12.1 Å². The zero-order chi connectivity index (χ0) is 18.1. The number of nitrogens with one attached hydrogen (secondary N) is 2. The Morgan fingerprint density at radius 1 is 1.20 bits per heavy atom. The Kier molecular flexibility index (Phi) is 7.35. The zero-order valence-electron chi connectivity index (χ0n) is 15.1. The topological polar surface area (TPSA) is 52.6 Å². The van der Waals surface area contributed by atoms with Crippen LogP contribution in [0, 0.1) is 5.82 Å². The molecular formula is C19H26FN5. The van der Waals surface area contributed by atoms with E-state index in [1.807, 2.05) is 43.3 Å². The Morgan fingerprint density at radius 2 is 2.04 bits per heavy atom. The van der Waals surface area contributed by atoms with Crippen LogP contribution >= 0.6 is 0 Å². The highest BCUT2D eigenvalue weighted by Gasteiger charge is 2.06. The number of benzene rings is 1. The number of rotatable bonds is 7. The lowest BCUT2D eigenvalue weighted by Gasteiger charge is -2.14. The standard InChI is InChI=1S/C19H26FN5/c1-21-19(23-11-9-17-6-4-5-10-22-17)24-13-15-7-8-18(20)16(12-15)14-25(2)3/h4-8,10,12H,9,11,13-14H2,1-3H3,(H2,21,23,24). The summed E-state index contributed by atoms with van der Waals surface area (Å²) < 4.78 is 13.8. The van der Waals surface area contributed by atoms with Crippen molar-refractivity contribution < 1.29 is 4.39 Å². The summed E-state index contributed by atoms with van der Waals surface area (Å²) in [6.45, 7) is 1.91. The first-order valence-electron chi connectivity index (χ1n) is 8.35. The first-order chi connectivity index (χ1) is 12.1. The van der Waals surface area contributed by atoms with Gasteiger partial charge in [0, 0.05) is 50.6 Å². The maximum absolute atomic E-state index is 13.8. The molecule has 0 atom stereocenters. The van der Waals surface area contributed by atoms with Crippen molar-refractivity contribution in [3.63, 3.8) is 0 Å². The molecule has 134 valence electrons. The van der Waals surface area contributed by atoms with Crippen LogP contribution in [0.15, 0.2) is 47.6 Å². The maximum atomic E-state index is 13.8. The molecule has 0 radical (unpaired) electrons. The first-order valence-corrected chi connectivity index (χ1v) is 8.35. The van der Waals surface area contributed by atoms with Gasteiger partial charge in [-0.3, -0.25) is 9.98 Å². The first kappa shape index (κ1) is 18.9. The summed E-state index contributed by atoms with van der Waals surface area (Å²) in [5.41, 5.74) is 2.76. The molecule has 0 aliphatic carbocycles. The fourth-order valence-electron chi connectivity index (χ4n) is 2.46. The average Bonchev–Trinajstić information content (AvgIpc) is 2.61. The van der Waals surface area contributed by atoms with E-state index in [1.54, 1.807) is 19.3 Å². The van der Waals surface area contributed by atoms with Crippen LogP contribution in [0.3, 0.4) is 0 Å². The molecule has 2 aromatic rings. The van der Waals surface area contributed by atoms with Gasteiger partial charge in [0.25, 0.3) is 0 Å². The fraction of sp³-hybridized carbons (Fsp3) is 0.368. The number of nitrogens with zero attached hydrogens (tertiary/aromatic N) is 3. The lowest BCUT2D eigenvalue weighted by Crippen LogP contribution is -2.38. The molecule has 0 fully saturated rings. The van der Waals surface area contributed by atoms with E-state index in [2.05, 4.69) is 20.6 Å². The summed E-state index contributed by atoms with van der Waals surface area (Å²) >= 11 is 0. The molecule has 1 aromatic carbocycles. The molecule has 0 bridgehead atoms. The van der Waals surface area contributed by atoms with Crippen molar-refractivity contribution in [1.82, 2.24) is 20.5 Å². The predicted molar refractivity (Wildman–Crippen MR) is 99.9 cm³/mol. The third-order valence-corrected chi connectivity index (χ3v) is 3.68. The molecule has 0 saturated carbocycles. The van der Waals surface area contributed by atoms with Crippen molar-refractivity contribution in [2.45, 2.75) is 19.5 Å². The number of guanidine groups is 1. The van der Waals surface area contributed by atoms with Crippen LogP contribution < -0.4 is 10.6 Å². The highest BCUT2D eigenvalue weighted by molar-refractivity contribution is 5.79. The van der Waals surface area contributed by atoms with Gasteiger partial charge in [0.15, 0.2) is 5.96 Å². The molecule has 1 heterocycles. The largest absolute Gasteiger partial charge is 0.356 e.